The SMILES string of the molecule is O=C(O)C1(NCC2CC2)CCCC(C(F)(F)F)C1. The van der Waals surface area contributed by atoms with Gasteiger partial charge in [-0.05, 0) is 44.6 Å². The van der Waals surface area contributed by atoms with E-state index in [-0.39, 0.29) is 12.8 Å². The summed E-state index contributed by atoms with van der Waals surface area (Å²) in [6.45, 7) is 0.525. The Labute approximate surface area is 104 Å². The van der Waals surface area contributed by atoms with E-state index in [0.717, 1.165) is 12.8 Å². The molecule has 18 heavy (non-hydrogen) atoms. The summed E-state index contributed by atoms with van der Waals surface area (Å²) in [5.74, 6) is -2.18. The summed E-state index contributed by atoms with van der Waals surface area (Å²) in [6.07, 6.45) is -1.88. The Bertz CT molecular complexity index is 328. The lowest BCUT2D eigenvalue weighted by Gasteiger charge is -2.39. The Morgan fingerprint density at radius 3 is 2.50 bits per heavy atom. The van der Waals surface area contributed by atoms with E-state index in [1.165, 1.54) is 0 Å². The van der Waals surface area contributed by atoms with Gasteiger partial charge in [0.2, 0.25) is 0 Å². The van der Waals surface area contributed by atoms with Crippen LogP contribution in [0.4, 0.5) is 13.2 Å². The van der Waals surface area contributed by atoms with Crippen molar-refractivity contribution in [1.82, 2.24) is 5.32 Å². The van der Waals surface area contributed by atoms with Gasteiger partial charge in [0, 0.05) is 0 Å². The van der Waals surface area contributed by atoms with Gasteiger partial charge >= 0.3 is 12.1 Å². The number of carboxylic acids is 1. The van der Waals surface area contributed by atoms with E-state index < -0.39 is 23.6 Å². The molecular formula is C12H18F3NO2. The second-order valence-electron chi connectivity index (χ2n) is 5.55. The highest BCUT2D eigenvalue weighted by Crippen LogP contribution is 2.42. The molecule has 0 aliphatic heterocycles. The van der Waals surface area contributed by atoms with Crippen molar-refractivity contribution in [2.75, 3.05) is 6.54 Å². The van der Waals surface area contributed by atoms with Crippen LogP contribution in [0.2, 0.25) is 0 Å². The summed E-state index contributed by atoms with van der Waals surface area (Å²) >= 11 is 0. The van der Waals surface area contributed by atoms with Gasteiger partial charge in [0.05, 0.1) is 5.92 Å². The molecule has 2 aliphatic rings. The molecule has 2 rings (SSSR count). The van der Waals surface area contributed by atoms with Crippen LogP contribution in [0.5, 0.6) is 0 Å². The van der Waals surface area contributed by atoms with E-state index in [0.29, 0.717) is 25.3 Å². The van der Waals surface area contributed by atoms with Gasteiger partial charge in [-0.25, -0.2) is 0 Å². The summed E-state index contributed by atoms with van der Waals surface area (Å²) in [7, 11) is 0. The number of halogens is 3. The lowest BCUT2D eigenvalue weighted by atomic mass is 9.75. The number of aliphatic carboxylic acids is 1. The maximum atomic E-state index is 12.7. The minimum absolute atomic E-state index is 0.0453. The third-order valence-corrected chi connectivity index (χ3v) is 4.05. The molecule has 2 fully saturated rings. The number of hydrogen-bond acceptors (Lipinski definition) is 2. The van der Waals surface area contributed by atoms with Crippen molar-refractivity contribution >= 4 is 5.97 Å². The lowest BCUT2D eigenvalue weighted by molar-refractivity contribution is -0.191. The fourth-order valence-electron chi connectivity index (χ4n) is 2.65. The van der Waals surface area contributed by atoms with Gasteiger partial charge in [-0.3, -0.25) is 4.79 Å². The van der Waals surface area contributed by atoms with E-state index in [2.05, 4.69) is 5.32 Å². The molecule has 0 spiro atoms. The number of carboxylic acid groups (broad SMARTS) is 1. The van der Waals surface area contributed by atoms with Crippen LogP contribution in [0, 0.1) is 11.8 Å². The maximum absolute atomic E-state index is 12.7. The predicted molar refractivity (Wildman–Crippen MR) is 59.1 cm³/mol. The van der Waals surface area contributed by atoms with Gasteiger partial charge in [0.15, 0.2) is 0 Å². The number of alkyl halides is 3. The van der Waals surface area contributed by atoms with Crippen molar-refractivity contribution < 1.29 is 23.1 Å². The molecule has 3 nitrogen and oxygen atoms in total. The highest BCUT2D eigenvalue weighted by molar-refractivity contribution is 5.79. The van der Waals surface area contributed by atoms with Crippen LogP contribution in [0.3, 0.4) is 0 Å². The van der Waals surface area contributed by atoms with Crippen molar-refractivity contribution in [2.45, 2.75) is 50.2 Å². The molecule has 104 valence electrons. The van der Waals surface area contributed by atoms with Crippen molar-refractivity contribution in [2.24, 2.45) is 11.8 Å². The molecule has 0 amide bonds. The topological polar surface area (TPSA) is 49.3 Å². The number of carbonyl (C=O) groups is 1. The third-order valence-electron chi connectivity index (χ3n) is 4.05. The van der Waals surface area contributed by atoms with Crippen LogP contribution >= 0.6 is 0 Å². The Hall–Kier alpha value is -0.780. The first kappa shape index (κ1) is 13.6. The molecule has 2 unspecified atom stereocenters. The first-order valence-electron chi connectivity index (χ1n) is 6.39. The summed E-state index contributed by atoms with van der Waals surface area (Å²) in [5, 5.41) is 12.2. The first-order chi connectivity index (χ1) is 8.33. The molecule has 0 aromatic carbocycles. The standard InChI is InChI=1S/C12H18F3NO2/c13-12(14,15)9-2-1-5-11(6-9,10(17)18)16-7-8-3-4-8/h8-9,16H,1-7H2,(H,17,18). The number of rotatable bonds is 4. The van der Waals surface area contributed by atoms with Crippen LogP contribution < -0.4 is 5.32 Å². The molecule has 0 radical (unpaired) electrons. The zero-order valence-electron chi connectivity index (χ0n) is 10.1. The minimum atomic E-state index is -4.29. The maximum Gasteiger partial charge on any atom is 0.391 e. The number of nitrogens with one attached hydrogen (secondary N) is 1. The van der Waals surface area contributed by atoms with Crippen molar-refractivity contribution in [3.05, 3.63) is 0 Å². The van der Waals surface area contributed by atoms with Gasteiger partial charge in [-0.1, -0.05) is 6.42 Å². The third kappa shape index (κ3) is 2.96. The van der Waals surface area contributed by atoms with E-state index in [1.807, 2.05) is 0 Å². The molecular weight excluding hydrogens is 247 g/mol. The molecule has 0 aromatic rings. The summed E-state index contributed by atoms with van der Waals surface area (Å²) in [5.41, 5.74) is -1.37. The molecule has 2 atom stereocenters. The molecule has 0 aromatic heterocycles. The highest BCUT2D eigenvalue weighted by atomic mass is 19.4. The molecule has 2 saturated carbocycles. The second kappa shape index (κ2) is 4.72. The Morgan fingerprint density at radius 2 is 2.00 bits per heavy atom. The molecule has 2 aliphatic carbocycles. The van der Waals surface area contributed by atoms with Crippen molar-refractivity contribution in [3.63, 3.8) is 0 Å². The van der Waals surface area contributed by atoms with E-state index in [9.17, 15) is 23.1 Å². The average Bonchev–Trinajstić information content (AvgIpc) is 3.09. The van der Waals surface area contributed by atoms with Gasteiger partial charge in [0.1, 0.15) is 5.54 Å². The van der Waals surface area contributed by atoms with E-state index >= 15 is 0 Å². The van der Waals surface area contributed by atoms with Crippen molar-refractivity contribution in [3.8, 4) is 0 Å². The summed E-state index contributed by atoms with van der Waals surface area (Å²) in [6, 6.07) is 0. The average molecular weight is 265 g/mol. The van der Waals surface area contributed by atoms with Crippen LogP contribution in [-0.4, -0.2) is 29.3 Å². The quantitative estimate of drug-likeness (QED) is 0.821. The molecule has 0 heterocycles. The molecule has 6 heteroatoms. The lowest BCUT2D eigenvalue weighted by Crippen LogP contribution is -2.56. The molecule has 2 N–H and O–H groups in total. The summed E-state index contributed by atoms with van der Waals surface area (Å²) in [4.78, 5) is 11.4. The Kier molecular flexibility index (Phi) is 3.58. The fourth-order valence-corrected chi connectivity index (χ4v) is 2.65. The monoisotopic (exact) mass is 265 g/mol. The predicted octanol–water partition coefficient (Wildman–Crippen LogP) is 2.56. The van der Waals surface area contributed by atoms with Crippen LogP contribution in [0.25, 0.3) is 0 Å². The zero-order chi connectivity index (χ0) is 13.4. The summed E-state index contributed by atoms with van der Waals surface area (Å²) < 4.78 is 38.2. The Balaban J connectivity index is 2.05. The first-order valence-corrected chi connectivity index (χ1v) is 6.39. The van der Waals surface area contributed by atoms with Crippen molar-refractivity contribution in [1.29, 1.82) is 0 Å². The largest absolute Gasteiger partial charge is 0.480 e. The van der Waals surface area contributed by atoms with E-state index in [4.69, 9.17) is 0 Å². The van der Waals surface area contributed by atoms with Gasteiger partial charge in [-0.2, -0.15) is 13.2 Å². The smallest absolute Gasteiger partial charge is 0.391 e. The fraction of sp³-hybridized carbons (Fsp3) is 0.917. The highest BCUT2D eigenvalue weighted by Gasteiger charge is 2.51. The molecule has 0 saturated heterocycles. The van der Waals surface area contributed by atoms with E-state index in [1.54, 1.807) is 0 Å². The van der Waals surface area contributed by atoms with Gasteiger partial charge < -0.3 is 10.4 Å². The van der Waals surface area contributed by atoms with Gasteiger partial charge in [0.25, 0.3) is 0 Å². The van der Waals surface area contributed by atoms with Gasteiger partial charge in [-0.15, -0.1) is 0 Å². The van der Waals surface area contributed by atoms with Crippen LogP contribution in [-0.2, 0) is 4.79 Å². The zero-order valence-corrected chi connectivity index (χ0v) is 10.1. The van der Waals surface area contributed by atoms with Crippen LogP contribution in [0.15, 0.2) is 0 Å². The minimum Gasteiger partial charge on any atom is -0.480 e. The Morgan fingerprint density at radius 1 is 1.33 bits per heavy atom. The number of hydrogen-bond donors (Lipinski definition) is 2. The normalized spacial score (nSPS) is 33.4. The molecule has 0 bridgehead atoms. The van der Waals surface area contributed by atoms with Crippen LogP contribution in [0.1, 0.15) is 38.5 Å². The second-order valence-corrected chi connectivity index (χ2v) is 5.55.